The minimum Gasteiger partial charge on any atom is -0.390 e. The Labute approximate surface area is 88.2 Å². The van der Waals surface area contributed by atoms with E-state index in [1.807, 2.05) is 6.07 Å². The average Bonchev–Trinajstić information content (AvgIpc) is 2.59. The van der Waals surface area contributed by atoms with Gasteiger partial charge in [-0.05, 0) is 13.0 Å². The molecule has 3 rings (SSSR count). The number of rotatable bonds is 0. The van der Waals surface area contributed by atoms with Gasteiger partial charge in [0.25, 0.3) is 0 Å². The molecule has 0 amide bonds. The van der Waals surface area contributed by atoms with Gasteiger partial charge in [0.1, 0.15) is 20.7 Å². The normalized spacial score (nSPS) is 11.5. The number of nitrogens with zero attached hydrogens (tertiary/aromatic N) is 2. The maximum absolute atomic E-state index is 5.69. The van der Waals surface area contributed by atoms with Crippen molar-refractivity contribution in [1.82, 2.24) is 9.97 Å². The first-order valence-electron chi connectivity index (χ1n) is 4.15. The van der Waals surface area contributed by atoms with Crippen molar-refractivity contribution in [3.63, 3.8) is 0 Å². The van der Waals surface area contributed by atoms with Crippen LogP contribution in [0, 0.1) is 6.92 Å². The Balaban J connectivity index is 2.49. The van der Waals surface area contributed by atoms with Gasteiger partial charge in [-0.1, -0.05) is 11.3 Å². The summed E-state index contributed by atoms with van der Waals surface area (Å²) in [4.78, 5) is 12.2. The van der Waals surface area contributed by atoms with Gasteiger partial charge in [0.2, 0.25) is 0 Å². The monoisotopic (exact) mass is 221 g/mol. The van der Waals surface area contributed by atoms with Gasteiger partial charge < -0.3 is 5.73 Å². The molecule has 0 aliphatic heterocycles. The summed E-state index contributed by atoms with van der Waals surface area (Å²) in [7, 11) is 0. The predicted molar refractivity (Wildman–Crippen MR) is 61.9 cm³/mol. The zero-order chi connectivity index (χ0) is 9.71. The molecule has 0 aliphatic rings. The lowest BCUT2D eigenvalue weighted by Crippen LogP contribution is -1.77. The van der Waals surface area contributed by atoms with E-state index in [9.17, 15) is 0 Å². The van der Waals surface area contributed by atoms with Crippen molar-refractivity contribution in [3.05, 3.63) is 17.0 Å². The number of hydrogen-bond donors (Lipinski definition) is 1. The van der Waals surface area contributed by atoms with E-state index < -0.39 is 0 Å². The largest absolute Gasteiger partial charge is 0.390 e. The Morgan fingerprint density at radius 2 is 1.71 bits per heavy atom. The third-order valence-corrected chi connectivity index (χ3v) is 3.75. The van der Waals surface area contributed by atoms with Gasteiger partial charge in [-0.25, -0.2) is 9.97 Å². The van der Waals surface area contributed by atoms with Gasteiger partial charge in [0, 0.05) is 10.9 Å². The zero-order valence-corrected chi connectivity index (χ0v) is 9.08. The molecule has 2 N–H and O–H groups in total. The van der Waals surface area contributed by atoms with Gasteiger partial charge >= 0.3 is 0 Å². The number of aryl methyl sites for hydroxylation is 1. The van der Waals surface area contributed by atoms with Crippen LogP contribution in [-0.2, 0) is 0 Å². The van der Waals surface area contributed by atoms with Crippen LogP contribution >= 0.6 is 22.7 Å². The Kier molecular flexibility index (Phi) is 1.54. The summed E-state index contributed by atoms with van der Waals surface area (Å²) in [6.45, 7) is 2.07. The highest BCUT2D eigenvalue weighted by Crippen LogP contribution is 2.29. The Bertz CT molecular complexity index is 521. The fourth-order valence-electron chi connectivity index (χ4n) is 1.42. The van der Waals surface area contributed by atoms with Gasteiger partial charge in [-0.3, -0.25) is 0 Å². The highest BCUT2D eigenvalue weighted by molar-refractivity contribution is 7.22. The molecule has 0 spiro atoms. The van der Waals surface area contributed by atoms with E-state index in [1.165, 1.54) is 16.2 Å². The summed E-state index contributed by atoms with van der Waals surface area (Å²) in [6.07, 6.45) is 0. The molecule has 70 valence electrons. The number of nitrogens with two attached hydrogens (primary N) is 1. The molecule has 3 nitrogen and oxygen atoms in total. The van der Waals surface area contributed by atoms with Crippen LogP contribution < -0.4 is 5.73 Å². The molecule has 0 saturated carbocycles. The van der Waals surface area contributed by atoms with Crippen LogP contribution in [-0.4, -0.2) is 9.97 Å². The van der Waals surface area contributed by atoms with Crippen molar-refractivity contribution in [1.29, 1.82) is 0 Å². The molecule has 3 aromatic rings. The molecule has 0 unspecified atom stereocenters. The predicted octanol–water partition coefficient (Wildman–Crippen LogP) is 2.80. The first kappa shape index (κ1) is 8.14. The first-order chi connectivity index (χ1) is 6.72. The molecular formula is C9H7N3S2. The summed E-state index contributed by atoms with van der Waals surface area (Å²) in [5, 5.41) is 0.773. The molecule has 14 heavy (non-hydrogen) atoms. The fourth-order valence-corrected chi connectivity index (χ4v) is 2.99. The average molecular weight is 221 g/mol. The number of fused-ring (bicyclic) bond motifs is 2. The summed E-state index contributed by atoms with van der Waals surface area (Å²) in [5.41, 5.74) is 7.57. The van der Waals surface area contributed by atoms with E-state index in [2.05, 4.69) is 23.0 Å². The highest BCUT2D eigenvalue weighted by Gasteiger charge is 2.06. The van der Waals surface area contributed by atoms with Crippen LogP contribution in [0.5, 0.6) is 0 Å². The van der Waals surface area contributed by atoms with Crippen LogP contribution in [0.2, 0.25) is 0 Å². The summed E-state index contributed by atoms with van der Waals surface area (Å²) in [6, 6.07) is 3.93. The standard InChI is InChI=1S/C9H7N3S2/c1-4-2-5-8(13-4)12-6-3-7(10)14-9(6)11-5/h2-3H,10H2,1H3. The number of anilines is 1. The summed E-state index contributed by atoms with van der Waals surface area (Å²) >= 11 is 3.15. The van der Waals surface area contributed by atoms with E-state index >= 15 is 0 Å². The molecule has 3 heterocycles. The second kappa shape index (κ2) is 2.65. The molecular weight excluding hydrogens is 214 g/mol. The molecule has 0 saturated heterocycles. The number of thiophene rings is 2. The molecule has 0 bridgehead atoms. The first-order valence-corrected chi connectivity index (χ1v) is 5.79. The van der Waals surface area contributed by atoms with Gasteiger partial charge in [0.15, 0.2) is 0 Å². The molecule has 0 aliphatic carbocycles. The van der Waals surface area contributed by atoms with E-state index in [0.717, 1.165) is 25.7 Å². The highest BCUT2D eigenvalue weighted by atomic mass is 32.1. The topological polar surface area (TPSA) is 51.8 Å². The molecule has 0 radical (unpaired) electrons. The Hall–Kier alpha value is -1.20. The van der Waals surface area contributed by atoms with E-state index in [0.29, 0.717) is 0 Å². The second-order valence-electron chi connectivity index (χ2n) is 3.11. The maximum Gasteiger partial charge on any atom is 0.144 e. The van der Waals surface area contributed by atoms with Gasteiger partial charge in [-0.15, -0.1) is 11.3 Å². The van der Waals surface area contributed by atoms with Gasteiger partial charge in [-0.2, -0.15) is 0 Å². The van der Waals surface area contributed by atoms with Crippen molar-refractivity contribution in [3.8, 4) is 0 Å². The maximum atomic E-state index is 5.69. The second-order valence-corrected chi connectivity index (χ2v) is 5.41. The van der Waals surface area contributed by atoms with Crippen molar-refractivity contribution in [2.45, 2.75) is 6.92 Å². The van der Waals surface area contributed by atoms with E-state index in [4.69, 9.17) is 5.73 Å². The van der Waals surface area contributed by atoms with Crippen LogP contribution in [0.15, 0.2) is 12.1 Å². The van der Waals surface area contributed by atoms with Crippen LogP contribution in [0.1, 0.15) is 4.88 Å². The molecule has 0 aromatic carbocycles. The van der Waals surface area contributed by atoms with Crippen molar-refractivity contribution < 1.29 is 0 Å². The molecule has 5 heteroatoms. The number of nitrogen functional groups attached to an aromatic ring is 1. The third kappa shape index (κ3) is 1.09. The van der Waals surface area contributed by atoms with Crippen LogP contribution in [0.25, 0.3) is 20.7 Å². The Morgan fingerprint density at radius 3 is 2.50 bits per heavy atom. The van der Waals surface area contributed by atoms with Crippen molar-refractivity contribution >= 4 is 48.4 Å². The number of hydrogen-bond acceptors (Lipinski definition) is 5. The smallest absolute Gasteiger partial charge is 0.144 e. The van der Waals surface area contributed by atoms with Crippen molar-refractivity contribution in [2.24, 2.45) is 0 Å². The molecule has 3 aromatic heterocycles. The summed E-state index contributed by atoms with van der Waals surface area (Å²) in [5.74, 6) is 0. The summed E-state index contributed by atoms with van der Waals surface area (Å²) < 4.78 is 0. The Morgan fingerprint density at radius 1 is 1.07 bits per heavy atom. The SMILES string of the molecule is Cc1cc2nc3sc(N)cc3nc2s1. The lowest BCUT2D eigenvalue weighted by molar-refractivity contribution is 1.46. The van der Waals surface area contributed by atoms with Crippen LogP contribution in [0.4, 0.5) is 5.00 Å². The number of aromatic nitrogens is 2. The zero-order valence-electron chi connectivity index (χ0n) is 7.44. The van der Waals surface area contributed by atoms with E-state index in [-0.39, 0.29) is 0 Å². The molecule has 0 atom stereocenters. The quantitative estimate of drug-likeness (QED) is 0.635. The lowest BCUT2D eigenvalue weighted by Gasteiger charge is -1.87. The van der Waals surface area contributed by atoms with Crippen molar-refractivity contribution in [2.75, 3.05) is 5.73 Å². The van der Waals surface area contributed by atoms with E-state index in [1.54, 1.807) is 11.3 Å². The third-order valence-electron chi connectivity index (χ3n) is 1.97. The minimum atomic E-state index is 0.773. The molecule has 0 fully saturated rings. The fraction of sp³-hybridized carbons (Fsp3) is 0.111. The lowest BCUT2D eigenvalue weighted by atomic mass is 10.4. The minimum absolute atomic E-state index is 0.773. The van der Waals surface area contributed by atoms with Crippen LogP contribution in [0.3, 0.4) is 0 Å². The van der Waals surface area contributed by atoms with Gasteiger partial charge in [0.05, 0.1) is 5.00 Å².